The van der Waals surface area contributed by atoms with E-state index in [9.17, 15) is 9.18 Å². The van der Waals surface area contributed by atoms with Crippen LogP contribution in [0.15, 0.2) is 48.7 Å². The summed E-state index contributed by atoms with van der Waals surface area (Å²) in [5.41, 5.74) is 4.71. The van der Waals surface area contributed by atoms with Crippen LogP contribution in [0.1, 0.15) is 55.6 Å². The molecular formula is C27H33ClFN3O. The third-order valence-corrected chi connectivity index (χ3v) is 7.25. The average Bonchev–Trinajstić information content (AvgIpc) is 3.23. The number of hydrogen-bond donors (Lipinski definition) is 1. The fraction of sp³-hybridized carbons (Fsp3) is 0.444. The van der Waals surface area contributed by atoms with Crippen LogP contribution >= 0.6 is 12.4 Å². The van der Waals surface area contributed by atoms with Gasteiger partial charge >= 0.3 is 0 Å². The number of nitrogens with zero attached hydrogens (tertiary/aromatic N) is 2. The van der Waals surface area contributed by atoms with Gasteiger partial charge in [-0.15, -0.1) is 12.4 Å². The largest absolute Gasteiger partial charge is 0.361 e. The van der Waals surface area contributed by atoms with Gasteiger partial charge in [0.1, 0.15) is 5.82 Å². The number of aromatic amines is 1. The van der Waals surface area contributed by atoms with Crippen LogP contribution in [0.3, 0.4) is 0 Å². The minimum Gasteiger partial charge on any atom is -0.361 e. The van der Waals surface area contributed by atoms with Gasteiger partial charge in [-0.2, -0.15) is 0 Å². The van der Waals surface area contributed by atoms with Crippen molar-refractivity contribution < 1.29 is 9.18 Å². The molecule has 4 nitrogen and oxygen atoms in total. The maximum Gasteiger partial charge on any atom is 0.227 e. The summed E-state index contributed by atoms with van der Waals surface area (Å²) in [7, 11) is 0. The number of H-pyrrole nitrogens is 1. The summed E-state index contributed by atoms with van der Waals surface area (Å²) >= 11 is 0. The van der Waals surface area contributed by atoms with Crippen molar-refractivity contribution in [1.82, 2.24) is 9.88 Å². The molecule has 0 radical (unpaired) electrons. The summed E-state index contributed by atoms with van der Waals surface area (Å²) in [6.07, 6.45) is 9.21. The number of para-hydroxylation sites is 1. The number of unbranched alkanes of at least 4 members (excludes halogenated alkanes) is 2. The summed E-state index contributed by atoms with van der Waals surface area (Å²) in [6.45, 7) is 4.16. The molecule has 1 N–H and O–H groups in total. The molecular weight excluding hydrogens is 437 g/mol. The Morgan fingerprint density at radius 3 is 2.61 bits per heavy atom. The van der Waals surface area contributed by atoms with Gasteiger partial charge in [0, 0.05) is 35.8 Å². The number of anilines is 1. The van der Waals surface area contributed by atoms with Crippen LogP contribution in [0, 0.1) is 5.82 Å². The van der Waals surface area contributed by atoms with Crippen LogP contribution in [0.4, 0.5) is 10.1 Å². The second-order valence-corrected chi connectivity index (χ2v) is 9.28. The van der Waals surface area contributed by atoms with E-state index in [1.807, 2.05) is 17.0 Å². The lowest BCUT2D eigenvalue weighted by Gasteiger charge is -2.32. The van der Waals surface area contributed by atoms with E-state index in [-0.39, 0.29) is 24.1 Å². The molecule has 1 aromatic heterocycles. The smallest absolute Gasteiger partial charge is 0.227 e. The summed E-state index contributed by atoms with van der Waals surface area (Å²) in [6, 6.07) is 13.3. The van der Waals surface area contributed by atoms with Crippen molar-refractivity contribution in [3.8, 4) is 0 Å². The third kappa shape index (κ3) is 5.25. The van der Waals surface area contributed by atoms with Crippen molar-refractivity contribution in [2.24, 2.45) is 0 Å². The second kappa shape index (κ2) is 10.7. The number of aromatic nitrogens is 1. The summed E-state index contributed by atoms with van der Waals surface area (Å²) in [5.74, 6) is 0.612. The van der Waals surface area contributed by atoms with Crippen molar-refractivity contribution in [3.05, 3.63) is 65.6 Å². The Morgan fingerprint density at radius 1 is 0.970 bits per heavy atom. The van der Waals surface area contributed by atoms with Gasteiger partial charge < -0.3 is 14.8 Å². The van der Waals surface area contributed by atoms with E-state index in [2.05, 4.69) is 34.3 Å². The SMILES string of the molecule is Cl.O=C1CCc2ccccc2N1CCCCCN1CCC(c2c[nH]c3ccc(F)cc23)CC1. The fourth-order valence-corrected chi connectivity index (χ4v) is 5.44. The number of benzene rings is 2. The Morgan fingerprint density at radius 2 is 1.76 bits per heavy atom. The van der Waals surface area contributed by atoms with E-state index in [0.717, 1.165) is 74.9 Å². The first kappa shape index (κ1) is 23.8. The number of hydrogen-bond acceptors (Lipinski definition) is 2. The van der Waals surface area contributed by atoms with Crippen molar-refractivity contribution in [2.75, 3.05) is 31.1 Å². The zero-order valence-electron chi connectivity index (χ0n) is 19.1. The standard InChI is InChI=1S/C27H32FN3O.ClH/c28-22-9-10-25-23(18-22)24(19-29-25)20-12-16-30(17-13-20)14-4-1-5-15-31-26-7-3-2-6-21(26)8-11-27(31)32;/h2-3,6-7,9-10,18-20,29H,1,4-5,8,11-17H2;1H. The number of fused-ring (bicyclic) bond motifs is 2. The van der Waals surface area contributed by atoms with E-state index in [0.29, 0.717) is 12.3 Å². The number of halogens is 2. The lowest BCUT2D eigenvalue weighted by molar-refractivity contribution is -0.118. The average molecular weight is 470 g/mol. The number of amides is 1. The first-order valence-corrected chi connectivity index (χ1v) is 12.1. The Hall–Kier alpha value is -2.37. The molecule has 0 bridgehead atoms. The number of carbonyl (C=O) groups is 1. The second-order valence-electron chi connectivity index (χ2n) is 9.28. The van der Waals surface area contributed by atoms with Gasteiger partial charge in [-0.25, -0.2) is 4.39 Å². The quantitative estimate of drug-likeness (QED) is 0.427. The van der Waals surface area contributed by atoms with E-state index >= 15 is 0 Å². The van der Waals surface area contributed by atoms with Crippen molar-refractivity contribution in [2.45, 2.75) is 50.9 Å². The highest BCUT2D eigenvalue weighted by molar-refractivity contribution is 5.96. The minimum absolute atomic E-state index is 0. The molecule has 1 amide bonds. The predicted octanol–water partition coefficient (Wildman–Crippen LogP) is 6.06. The molecule has 0 atom stereocenters. The van der Waals surface area contributed by atoms with Crippen LogP contribution in [0.5, 0.6) is 0 Å². The van der Waals surface area contributed by atoms with E-state index in [4.69, 9.17) is 0 Å². The predicted molar refractivity (Wildman–Crippen MR) is 135 cm³/mol. The van der Waals surface area contributed by atoms with E-state index < -0.39 is 0 Å². The Balaban J connectivity index is 0.00000259. The molecule has 176 valence electrons. The summed E-state index contributed by atoms with van der Waals surface area (Å²) < 4.78 is 13.7. The van der Waals surface area contributed by atoms with Crippen LogP contribution in [0.25, 0.3) is 10.9 Å². The molecule has 1 fully saturated rings. The zero-order chi connectivity index (χ0) is 21.9. The van der Waals surface area contributed by atoms with Crippen LogP contribution in [0.2, 0.25) is 0 Å². The lowest BCUT2D eigenvalue weighted by Crippen LogP contribution is -2.36. The molecule has 0 unspecified atom stereocenters. The number of nitrogens with one attached hydrogen (secondary N) is 1. The summed E-state index contributed by atoms with van der Waals surface area (Å²) in [5, 5.41) is 1.04. The van der Waals surface area contributed by atoms with Crippen molar-refractivity contribution >= 4 is 34.9 Å². The Labute approximate surface area is 201 Å². The maximum atomic E-state index is 13.7. The van der Waals surface area contributed by atoms with Gasteiger partial charge in [0.2, 0.25) is 5.91 Å². The molecule has 0 spiro atoms. The highest BCUT2D eigenvalue weighted by Gasteiger charge is 2.24. The van der Waals surface area contributed by atoms with Crippen LogP contribution in [-0.2, 0) is 11.2 Å². The molecule has 2 aliphatic rings. The van der Waals surface area contributed by atoms with Gasteiger partial charge in [0.25, 0.3) is 0 Å². The molecule has 2 aliphatic heterocycles. The molecule has 0 aliphatic carbocycles. The van der Waals surface area contributed by atoms with Crippen molar-refractivity contribution in [3.63, 3.8) is 0 Å². The highest BCUT2D eigenvalue weighted by atomic mass is 35.5. The van der Waals surface area contributed by atoms with Gasteiger partial charge in [0.05, 0.1) is 0 Å². The number of carbonyl (C=O) groups excluding carboxylic acids is 1. The molecule has 33 heavy (non-hydrogen) atoms. The molecule has 1 saturated heterocycles. The molecule has 6 heteroatoms. The monoisotopic (exact) mass is 469 g/mol. The first-order chi connectivity index (χ1) is 15.7. The molecule has 5 rings (SSSR count). The fourth-order valence-electron chi connectivity index (χ4n) is 5.44. The molecule has 3 aromatic rings. The highest BCUT2D eigenvalue weighted by Crippen LogP contribution is 2.33. The normalized spacial score (nSPS) is 17.2. The van der Waals surface area contributed by atoms with E-state index in [1.165, 1.54) is 23.6 Å². The molecule has 0 saturated carbocycles. The maximum absolute atomic E-state index is 13.7. The zero-order valence-corrected chi connectivity index (χ0v) is 19.9. The Kier molecular flexibility index (Phi) is 7.71. The molecule has 2 aromatic carbocycles. The van der Waals surface area contributed by atoms with E-state index in [1.54, 1.807) is 6.07 Å². The number of aryl methyl sites for hydroxylation is 1. The Bertz CT molecular complexity index is 1090. The van der Waals surface area contributed by atoms with Gasteiger partial charge in [-0.3, -0.25) is 4.79 Å². The van der Waals surface area contributed by atoms with Gasteiger partial charge in [-0.1, -0.05) is 24.6 Å². The minimum atomic E-state index is -0.162. The number of piperidine rings is 1. The first-order valence-electron chi connectivity index (χ1n) is 12.1. The van der Waals surface area contributed by atoms with Crippen molar-refractivity contribution in [1.29, 1.82) is 0 Å². The number of rotatable bonds is 7. The van der Waals surface area contributed by atoms with Crippen LogP contribution in [-0.4, -0.2) is 42.0 Å². The number of likely N-dealkylation sites (tertiary alicyclic amines) is 1. The topological polar surface area (TPSA) is 39.3 Å². The summed E-state index contributed by atoms with van der Waals surface area (Å²) in [4.78, 5) is 20.2. The lowest BCUT2D eigenvalue weighted by atomic mass is 9.89. The van der Waals surface area contributed by atoms with Gasteiger partial charge in [-0.05, 0) is 93.0 Å². The van der Waals surface area contributed by atoms with Gasteiger partial charge in [0.15, 0.2) is 0 Å². The molecule has 3 heterocycles. The van der Waals surface area contributed by atoms with Crippen LogP contribution < -0.4 is 4.90 Å². The third-order valence-electron chi connectivity index (χ3n) is 7.25.